The fourth-order valence-corrected chi connectivity index (χ4v) is 0. The Labute approximate surface area is 86.4 Å². The van der Waals surface area contributed by atoms with Crippen molar-refractivity contribution < 1.29 is 74.3 Å². The molecule has 0 bridgehead atoms. The molecular weight excluding hydrogens is 358 g/mol. The van der Waals surface area contributed by atoms with E-state index in [2.05, 4.69) is 11.9 Å². The summed E-state index contributed by atoms with van der Waals surface area (Å²) in [5, 5.41) is 0. The summed E-state index contributed by atoms with van der Waals surface area (Å²) < 4.78 is 6.47. The van der Waals surface area contributed by atoms with Gasteiger partial charge in [0, 0.05) is 25.8 Å². The van der Waals surface area contributed by atoms with E-state index in [1.54, 1.807) is 0 Å². The van der Waals surface area contributed by atoms with Crippen molar-refractivity contribution in [3.63, 3.8) is 0 Å². The molecule has 0 heterocycles. The van der Waals surface area contributed by atoms with Crippen LogP contribution >= 0.6 is 11.9 Å². The van der Waals surface area contributed by atoms with Gasteiger partial charge in [0.15, 0.2) is 0 Å². The quantitative estimate of drug-likeness (QED) is 0.397. The summed E-state index contributed by atoms with van der Waals surface area (Å²) in [5.41, 5.74) is 0. The SMILES string of the molecule is O.O.O.O.O.O.O.O.OCl.[Hf]. The summed E-state index contributed by atoms with van der Waals surface area (Å²) in [5.74, 6) is 0. The molecule has 0 rings (SSSR count). The Hall–Kier alpha value is 0.800. The van der Waals surface area contributed by atoms with E-state index < -0.39 is 0 Å². The standard InChI is InChI=1S/ClHO.Hf.8H2O/c1-2;;;;;;;;;/h2H;;8*1H2. The van der Waals surface area contributed by atoms with Crippen molar-refractivity contribution in [2.24, 2.45) is 0 Å². The van der Waals surface area contributed by atoms with Gasteiger partial charge in [0.05, 0.1) is 11.9 Å². The predicted molar refractivity (Wildman–Crippen MR) is 37.0 cm³/mol. The van der Waals surface area contributed by atoms with Crippen LogP contribution in [-0.4, -0.2) is 48.5 Å². The first-order valence-electron chi connectivity index (χ1n) is 0.169. The van der Waals surface area contributed by atoms with E-state index in [9.17, 15) is 0 Å². The van der Waals surface area contributed by atoms with Gasteiger partial charge in [0.25, 0.3) is 0 Å². The molecule has 0 aromatic carbocycles. The molecule has 0 spiro atoms. The van der Waals surface area contributed by atoms with Crippen LogP contribution in [0.25, 0.3) is 0 Å². The normalized spacial score (nSPS) is 0.545. The molecule has 0 saturated heterocycles. The maximum absolute atomic E-state index is 6.47. The topological polar surface area (TPSA) is 272 Å². The first kappa shape index (κ1) is 425. The second-order valence-corrected chi connectivity index (χ2v) is 0. The molecule has 0 radical (unpaired) electrons. The summed E-state index contributed by atoms with van der Waals surface area (Å²) in [6, 6.07) is 0. The largest absolute Gasteiger partial charge is 0.412 e. The molecule has 11 heavy (non-hydrogen) atoms. The molecule has 0 aliphatic rings. The predicted octanol–water partition coefficient (Wildman–Crippen LogP) is -6.47. The maximum Gasteiger partial charge on any atom is 0.0579 e. The van der Waals surface area contributed by atoms with Gasteiger partial charge in [0.1, 0.15) is 0 Å². The molecule has 0 aliphatic heterocycles. The average Bonchev–Trinajstić information content (AvgIpc) is 1.00. The first-order valence-corrected chi connectivity index (χ1v) is 0.507. The van der Waals surface area contributed by atoms with Crippen LogP contribution in [0.4, 0.5) is 0 Å². The fraction of sp³-hybridized carbons (Fsp3) is 0. The fourth-order valence-electron chi connectivity index (χ4n) is 0. The smallest absolute Gasteiger partial charge is 0.0579 e. The zero-order chi connectivity index (χ0) is 2.00. The van der Waals surface area contributed by atoms with Crippen molar-refractivity contribution in [2.75, 3.05) is 0 Å². The van der Waals surface area contributed by atoms with Crippen molar-refractivity contribution in [1.29, 1.82) is 0 Å². The van der Waals surface area contributed by atoms with E-state index >= 15 is 0 Å². The van der Waals surface area contributed by atoms with E-state index in [1.165, 1.54) is 0 Å². The van der Waals surface area contributed by atoms with Crippen molar-refractivity contribution in [1.82, 2.24) is 0 Å². The first-order chi connectivity index (χ1) is 1.00. The van der Waals surface area contributed by atoms with Crippen molar-refractivity contribution in [3.05, 3.63) is 0 Å². The minimum Gasteiger partial charge on any atom is -0.412 e. The van der Waals surface area contributed by atoms with Crippen LogP contribution in [0.2, 0.25) is 0 Å². The van der Waals surface area contributed by atoms with Crippen LogP contribution in [0, 0.1) is 0 Å². The number of hydrogen-bond acceptors (Lipinski definition) is 1. The Kier molecular flexibility index (Phi) is 62600. The van der Waals surface area contributed by atoms with Gasteiger partial charge in [-0.25, -0.2) is 0 Å². The molecule has 0 amide bonds. The molecule has 0 aromatic rings. The molecule has 11 heteroatoms. The van der Waals surface area contributed by atoms with Gasteiger partial charge in [-0.05, 0) is 0 Å². The molecule has 9 nitrogen and oxygen atoms in total. The number of halogens is 1. The van der Waals surface area contributed by atoms with Gasteiger partial charge < -0.3 is 43.8 Å². The summed E-state index contributed by atoms with van der Waals surface area (Å²) >= 11 is 3.64. The van der Waals surface area contributed by atoms with Crippen LogP contribution < -0.4 is 0 Å². The van der Waals surface area contributed by atoms with E-state index in [0.29, 0.717) is 0 Å². The van der Waals surface area contributed by atoms with E-state index in [0.717, 1.165) is 0 Å². The van der Waals surface area contributed by atoms with Crippen LogP contribution in [0.5, 0.6) is 0 Å². The average molecular weight is 375 g/mol. The summed E-state index contributed by atoms with van der Waals surface area (Å²) in [7, 11) is 0. The zero-order valence-corrected chi connectivity index (χ0v) is 9.67. The van der Waals surface area contributed by atoms with Gasteiger partial charge in [0.2, 0.25) is 0 Å². The van der Waals surface area contributed by atoms with Crippen LogP contribution in [0.15, 0.2) is 0 Å². The van der Waals surface area contributed by atoms with E-state index in [1.807, 2.05) is 0 Å². The van der Waals surface area contributed by atoms with Gasteiger partial charge >= 0.3 is 0 Å². The minimum atomic E-state index is 0. The molecule has 82 valence electrons. The molecule has 0 atom stereocenters. The summed E-state index contributed by atoms with van der Waals surface area (Å²) in [4.78, 5) is 0. The molecule has 0 aromatic heterocycles. The maximum atomic E-state index is 6.47. The van der Waals surface area contributed by atoms with Crippen molar-refractivity contribution in [3.8, 4) is 0 Å². The molecule has 0 aliphatic carbocycles. The van der Waals surface area contributed by atoms with Gasteiger partial charge in [-0.15, -0.1) is 0 Å². The number of hydrogen-bond donors (Lipinski definition) is 1. The third-order valence-corrected chi connectivity index (χ3v) is 0. The Balaban J connectivity index is -0.000000000139. The molecule has 0 saturated carbocycles. The van der Waals surface area contributed by atoms with Crippen LogP contribution in [-0.2, 0) is 25.8 Å². The minimum absolute atomic E-state index is 0. The summed E-state index contributed by atoms with van der Waals surface area (Å²) in [6.07, 6.45) is 0. The number of rotatable bonds is 0. The van der Waals surface area contributed by atoms with Crippen molar-refractivity contribution >= 4 is 11.9 Å². The Morgan fingerprint density at radius 2 is 0.455 bits per heavy atom. The van der Waals surface area contributed by atoms with Gasteiger partial charge in [-0.1, -0.05) is 0 Å². The van der Waals surface area contributed by atoms with Crippen molar-refractivity contribution in [2.45, 2.75) is 0 Å². The third-order valence-electron chi connectivity index (χ3n) is 0. The molecule has 17 N–H and O–H groups in total. The van der Waals surface area contributed by atoms with Gasteiger partial charge in [-0.3, -0.25) is 4.66 Å². The van der Waals surface area contributed by atoms with Gasteiger partial charge in [-0.2, -0.15) is 0 Å². The zero-order valence-electron chi connectivity index (χ0n) is 5.33. The van der Waals surface area contributed by atoms with E-state index in [-0.39, 0.29) is 69.7 Å². The Bertz CT molecular complexity index is 9.52. The molecule has 0 fully saturated rings. The molecular formula is H17ClHfO9. The second-order valence-electron chi connectivity index (χ2n) is 0. The van der Waals surface area contributed by atoms with E-state index in [4.69, 9.17) is 4.66 Å². The summed E-state index contributed by atoms with van der Waals surface area (Å²) in [6.45, 7) is 0. The van der Waals surface area contributed by atoms with Crippen LogP contribution in [0.3, 0.4) is 0 Å². The second kappa shape index (κ2) is 1620. The third kappa shape index (κ3) is 1310. The molecule has 0 unspecified atom stereocenters. The Morgan fingerprint density at radius 3 is 0.455 bits per heavy atom. The Morgan fingerprint density at radius 1 is 0.455 bits per heavy atom. The van der Waals surface area contributed by atoms with Crippen LogP contribution in [0.1, 0.15) is 0 Å². The monoisotopic (exact) mass is 376 g/mol.